The molecular formula is C45H52N4O4. The lowest BCUT2D eigenvalue weighted by molar-refractivity contribution is -0.137. The molecule has 1 aromatic heterocycles. The van der Waals surface area contributed by atoms with Gasteiger partial charge < -0.3 is 25.2 Å². The molecule has 3 N–H and O–H groups in total. The fraction of sp³-hybridized carbons (Fsp3) is 0.444. The average molecular weight is 713 g/mol. The van der Waals surface area contributed by atoms with E-state index in [1.165, 1.54) is 66.3 Å². The predicted octanol–water partition coefficient (Wildman–Crippen LogP) is 8.79. The molecule has 8 nitrogen and oxygen atoms in total. The SMILES string of the molecule is O=C(O)C=Cc1ccc(NCC2(NC(=O)c3ccc4c(C5CCCCC5)c5n(c4c3)CC(C(=O)N3CCCCC3)Cc3ccccc3-5)CCCC2)cc1. The number of anilines is 1. The maximum absolute atomic E-state index is 14.3. The van der Waals surface area contributed by atoms with Crippen molar-refractivity contribution >= 4 is 40.4 Å². The zero-order valence-corrected chi connectivity index (χ0v) is 30.7. The lowest BCUT2D eigenvalue weighted by atomic mass is 9.81. The molecule has 2 aliphatic heterocycles. The first-order valence-corrected chi connectivity index (χ1v) is 20.0. The highest BCUT2D eigenvalue weighted by molar-refractivity contribution is 6.01. The average Bonchev–Trinajstić information content (AvgIpc) is 3.74. The largest absolute Gasteiger partial charge is 0.478 e. The monoisotopic (exact) mass is 712 g/mol. The van der Waals surface area contributed by atoms with E-state index in [1.54, 1.807) is 6.08 Å². The van der Waals surface area contributed by atoms with Crippen LogP contribution in [0.3, 0.4) is 0 Å². The molecule has 1 atom stereocenters. The second-order valence-corrected chi connectivity index (χ2v) is 16.0. The number of nitrogens with one attached hydrogen (secondary N) is 2. The van der Waals surface area contributed by atoms with Crippen LogP contribution in [-0.4, -0.2) is 57.5 Å². The molecule has 3 heterocycles. The lowest BCUT2D eigenvalue weighted by Crippen LogP contribution is -2.51. The third-order valence-electron chi connectivity index (χ3n) is 12.4. The number of likely N-dealkylation sites (tertiary alicyclic amines) is 1. The number of carbonyl (C=O) groups is 3. The third-order valence-corrected chi connectivity index (χ3v) is 12.4. The van der Waals surface area contributed by atoms with Crippen LogP contribution in [0.4, 0.5) is 5.69 Å². The van der Waals surface area contributed by atoms with Crippen molar-refractivity contribution in [1.82, 2.24) is 14.8 Å². The second kappa shape index (κ2) is 15.2. The summed E-state index contributed by atoms with van der Waals surface area (Å²) in [5, 5.41) is 17.2. The number of nitrogens with zero attached hydrogens (tertiary/aromatic N) is 2. The van der Waals surface area contributed by atoms with Gasteiger partial charge in [0.15, 0.2) is 0 Å². The van der Waals surface area contributed by atoms with Crippen LogP contribution in [0, 0.1) is 5.92 Å². The number of piperidine rings is 1. The Morgan fingerprint density at radius 2 is 1.58 bits per heavy atom. The number of rotatable bonds is 9. The zero-order valence-electron chi connectivity index (χ0n) is 30.7. The van der Waals surface area contributed by atoms with E-state index in [0.29, 0.717) is 24.6 Å². The van der Waals surface area contributed by atoms with Gasteiger partial charge in [-0.1, -0.05) is 74.6 Å². The molecule has 2 amide bonds. The van der Waals surface area contributed by atoms with E-state index in [2.05, 4.69) is 56.5 Å². The molecule has 2 saturated carbocycles. The molecule has 1 unspecified atom stereocenters. The topological polar surface area (TPSA) is 104 Å². The van der Waals surface area contributed by atoms with Gasteiger partial charge in [0, 0.05) is 60.0 Å². The molecule has 0 radical (unpaired) electrons. The van der Waals surface area contributed by atoms with Crippen molar-refractivity contribution in [3.63, 3.8) is 0 Å². The van der Waals surface area contributed by atoms with Crippen LogP contribution < -0.4 is 10.6 Å². The summed E-state index contributed by atoms with van der Waals surface area (Å²) < 4.78 is 2.43. The van der Waals surface area contributed by atoms with Gasteiger partial charge in [-0.25, -0.2) is 4.79 Å². The standard InChI is InChI=1S/C45H52N4O4/c50-40(51)22-17-31-15-19-36(20-16-31)46-30-45(23-7-8-24-45)47-43(52)34-18-21-38-39(28-34)49-29-35(44(53)48-25-9-2-10-26-48)27-33-13-5-6-14-37(33)42(49)41(38)32-11-3-1-4-12-32/h5-6,13-22,28,32,35,46H,1-4,7-12,23-27,29-30H2,(H,47,52)(H,50,51). The summed E-state index contributed by atoms with van der Waals surface area (Å²) in [6.45, 7) is 2.92. The van der Waals surface area contributed by atoms with Crippen molar-refractivity contribution in [1.29, 1.82) is 0 Å². The number of hydrogen-bond acceptors (Lipinski definition) is 4. The fourth-order valence-electron chi connectivity index (χ4n) is 9.68. The molecule has 0 bridgehead atoms. The summed E-state index contributed by atoms with van der Waals surface area (Å²) in [7, 11) is 0. The van der Waals surface area contributed by atoms with Gasteiger partial charge >= 0.3 is 5.97 Å². The number of amides is 2. The number of carboxylic acid groups (broad SMARTS) is 1. The highest BCUT2D eigenvalue weighted by Gasteiger charge is 2.37. The molecule has 3 aromatic carbocycles. The van der Waals surface area contributed by atoms with Gasteiger partial charge in [-0.15, -0.1) is 0 Å². The van der Waals surface area contributed by atoms with Crippen molar-refractivity contribution in [3.05, 3.63) is 95.1 Å². The van der Waals surface area contributed by atoms with Gasteiger partial charge in [-0.05, 0) is 104 Å². The highest BCUT2D eigenvalue weighted by atomic mass is 16.4. The Kier molecular flexibility index (Phi) is 10.1. The predicted molar refractivity (Wildman–Crippen MR) is 211 cm³/mol. The van der Waals surface area contributed by atoms with Gasteiger partial charge in [-0.2, -0.15) is 0 Å². The fourth-order valence-corrected chi connectivity index (χ4v) is 9.68. The van der Waals surface area contributed by atoms with Gasteiger partial charge in [-0.3, -0.25) is 9.59 Å². The Balaban J connectivity index is 1.12. The first-order valence-electron chi connectivity index (χ1n) is 20.0. The maximum Gasteiger partial charge on any atom is 0.328 e. The number of fused-ring (bicyclic) bond motifs is 5. The number of aliphatic carboxylic acids is 1. The van der Waals surface area contributed by atoms with Crippen molar-refractivity contribution in [2.75, 3.05) is 25.0 Å². The quantitative estimate of drug-likeness (QED) is 0.151. The van der Waals surface area contributed by atoms with E-state index in [9.17, 15) is 14.4 Å². The molecule has 276 valence electrons. The maximum atomic E-state index is 14.3. The minimum atomic E-state index is -0.972. The Bertz CT molecular complexity index is 2010. The summed E-state index contributed by atoms with van der Waals surface area (Å²) in [5.74, 6) is -0.462. The Hall–Kier alpha value is -4.85. The molecule has 1 saturated heterocycles. The molecule has 3 fully saturated rings. The van der Waals surface area contributed by atoms with Crippen molar-refractivity contribution < 1.29 is 19.5 Å². The first-order chi connectivity index (χ1) is 25.9. The minimum absolute atomic E-state index is 0.0607. The first kappa shape index (κ1) is 35.2. The third kappa shape index (κ3) is 7.38. The van der Waals surface area contributed by atoms with E-state index in [1.807, 2.05) is 30.3 Å². The molecule has 8 heteroatoms. The van der Waals surface area contributed by atoms with Gasteiger partial charge in [0.05, 0.1) is 17.2 Å². The van der Waals surface area contributed by atoms with Gasteiger partial charge in [0.1, 0.15) is 0 Å². The summed E-state index contributed by atoms with van der Waals surface area (Å²) in [5.41, 5.74) is 8.26. The smallest absolute Gasteiger partial charge is 0.328 e. The van der Waals surface area contributed by atoms with Gasteiger partial charge in [0.25, 0.3) is 5.91 Å². The van der Waals surface area contributed by atoms with Gasteiger partial charge in [0.2, 0.25) is 5.91 Å². The van der Waals surface area contributed by atoms with E-state index in [0.717, 1.165) is 80.9 Å². The van der Waals surface area contributed by atoms with E-state index < -0.39 is 5.97 Å². The van der Waals surface area contributed by atoms with Crippen LogP contribution >= 0.6 is 0 Å². The van der Waals surface area contributed by atoms with Crippen molar-refractivity contribution in [3.8, 4) is 11.3 Å². The van der Waals surface area contributed by atoms with Crippen LogP contribution in [0.5, 0.6) is 0 Å². The molecule has 4 aromatic rings. The molecule has 0 spiro atoms. The normalized spacial score (nSPS) is 20.2. The summed E-state index contributed by atoms with van der Waals surface area (Å²) in [6.07, 6.45) is 16.8. The molecular weight excluding hydrogens is 661 g/mol. The van der Waals surface area contributed by atoms with Crippen LogP contribution in [0.2, 0.25) is 0 Å². The number of benzene rings is 3. The Morgan fingerprint density at radius 1 is 0.849 bits per heavy atom. The van der Waals surface area contributed by atoms with E-state index in [-0.39, 0.29) is 23.3 Å². The van der Waals surface area contributed by atoms with Crippen molar-refractivity contribution in [2.45, 2.75) is 101 Å². The molecule has 4 aliphatic rings. The van der Waals surface area contributed by atoms with Crippen LogP contribution in [0.1, 0.15) is 110 Å². The van der Waals surface area contributed by atoms with Crippen molar-refractivity contribution in [2.24, 2.45) is 5.92 Å². The second-order valence-electron chi connectivity index (χ2n) is 16.0. The van der Waals surface area contributed by atoms with Crippen LogP contribution in [-0.2, 0) is 22.6 Å². The Labute approximate surface area is 312 Å². The number of hydrogen-bond donors (Lipinski definition) is 3. The van der Waals surface area contributed by atoms with Crippen LogP contribution in [0.25, 0.3) is 28.2 Å². The molecule has 2 aliphatic carbocycles. The number of aromatic nitrogens is 1. The zero-order chi connectivity index (χ0) is 36.4. The minimum Gasteiger partial charge on any atom is -0.478 e. The summed E-state index contributed by atoms with van der Waals surface area (Å²) in [4.78, 5) is 41.5. The van der Waals surface area contributed by atoms with E-state index >= 15 is 0 Å². The Morgan fingerprint density at radius 3 is 2.34 bits per heavy atom. The lowest BCUT2D eigenvalue weighted by Gasteiger charge is -2.31. The summed E-state index contributed by atoms with van der Waals surface area (Å²) in [6, 6.07) is 22.7. The number of carbonyl (C=O) groups excluding carboxylic acids is 2. The van der Waals surface area contributed by atoms with Crippen LogP contribution in [0.15, 0.2) is 72.8 Å². The highest BCUT2D eigenvalue weighted by Crippen LogP contribution is 2.47. The molecule has 53 heavy (non-hydrogen) atoms. The summed E-state index contributed by atoms with van der Waals surface area (Å²) >= 11 is 0. The molecule has 8 rings (SSSR count). The number of carboxylic acids is 1. The van der Waals surface area contributed by atoms with E-state index in [4.69, 9.17) is 5.11 Å².